The van der Waals surface area contributed by atoms with Crippen molar-refractivity contribution in [2.45, 2.75) is 59.8 Å². The first-order valence-corrected chi connectivity index (χ1v) is 9.18. The minimum atomic E-state index is -0.914. The Labute approximate surface area is 158 Å². The number of rotatable bonds is 10. The number of methoxy groups -OCH3 is 1. The van der Waals surface area contributed by atoms with Crippen molar-refractivity contribution in [2.75, 3.05) is 7.11 Å². The molecular weight excluding hydrogens is 324 g/mol. The molecule has 3 nitrogen and oxygen atoms in total. The summed E-state index contributed by atoms with van der Waals surface area (Å²) in [7, 11) is 1.61. The number of ether oxygens (including phenoxy) is 1. The number of hydrogen-bond donors (Lipinski definition) is 1. The van der Waals surface area contributed by atoms with Crippen molar-refractivity contribution in [3.63, 3.8) is 0 Å². The van der Waals surface area contributed by atoms with E-state index in [4.69, 9.17) is 9.84 Å². The Balaban J connectivity index is 2.59. The summed E-state index contributed by atoms with van der Waals surface area (Å²) in [5, 5.41) is 9.14. The summed E-state index contributed by atoms with van der Waals surface area (Å²) in [5.41, 5.74) is 5.31. The van der Waals surface area contributed by atoms with Crippen LogP contribution in [-0.4, -0.2) is 18.2 Å². The largest absolute Gasteiger partial charge is 0.496 e. The maximum atomic E-state index is 11.1. The molecule has 0 bridgehead atoms. The molecule has 0 aliphatic rings. The topological polar surface area (TPSA) is 46.5 Å². The second kappa shape index (κ2) is 11.3. The van der Waals surface area contributed by atoms with Gasteiger partial charge < -0.3 is 9.84 Å². The molecule has 1 aromatic rings. The number of allylic oxidation sites excluding steroid dienone is 6. The SMILES string of the molecule is COc1ccc(C(=O)O)cc1CC=C(C)CCC=C(C)CCC=C(C)C. The van der Waals surface area contributed by atoms with Crippen LogP contribution in [0.15, 0.2) is 53.1 Å². The zero-order chi connectivity index (χ0) is 19.5. The van der Waals surface area contributed by atoms with E-state index in [0.29, 0.717) is 12.0 Å². The first-order valence-electron chi connectivity index (χ1n) is 9.18. The van der Waals surface area contributed by atoms with Crippen LogP contribution in [0.5, 0.6) is 5.75 Å². The van der Waals surface area contributed by atoms with Gasteiger partial charge in [-0.1, -0.05) is 34.9 Å². The maximum Gasteiger partial charge on any atom is 0.335 e. The number of benzene rings is 1. The minimum Gasteiger partial charge on any atom is -0.496 e. The van der Waals surface area contributed by atoms with Crippen molar-refractivity contribution < 1.29 is 14.6 Å². The Hall–Kier alpha value is -2.29. The second-order valence-electron chi connectivity index (χ2n) is 7.00. The van der Waals surface area contributed by atoms with Gasteiger partial charge in [-0.3, -0.25) is 0 Å². The smallest absolute Gasteiger partial charge is 0.335 e. The molecule has 0 spiro atoms. The van der Waals surface area contributed by atoms with Crippen LogP contribution in [0.25, 0.3) is 0 Å². The third-order valence-corrected chi connectivity index (χ3v) is 4.32. The Morgan fingerprint density at radius 3 is 2.19 bits per heavy atom. The Bertz CT molecular complexity index is 689. The van der Waals surface area contributed by atoms with Gasteiger partial charge in [0, 0.05) is 0 Å². The first-order chi connectivity index (χ1) is 12.3. The van der Waals surface area contributed by atoms with Gasteiger partial charge in [0.1, 0.15) is 5.75 Å². The van der Waals surface area contributed by atoms with Gasteiger partial charge in [0.05, 0.1) is 12.7 Å². The van der Waals surface area contributed by atoms with Crippen LogP contribution in [0.3, 0.4) is 0 Å². The van der Waals surface area contributed by atoms with E-state index in [2.05, 4.69) is 45.9 Å². The lowest BCUT2D eigenvalue weighted by molar-refractivity contribution is 0.0696. The van der Waals surface area contributed by atoms with E-state index in [1.807, 2.05) is 0 Å². The third-order valence-electron chi connectivity index (χ3n) is 4.32. The standard InChI is InChI=1S/C23H32O3/c1-17(2)8-6-9-18(3)10-7-11-19(4)12-13-20-16-21(23(24)25)14-15-22(20)26-5/h8,10,12,14-16H,6-7,9,11,13H2,1-5H3,(H,24,25). The molecule has 1 aromatic carbocycles. The summed E-state index contributed by atoms with van der Waals surface area (Å²) in [6.07, 6.45) is 11.7. The molecule has 3 heteroatoms. The van der Waals surface area contributed by atoms with Gasteiger partial charge in [0.25, 0.3) is 0 Å². The summed E-state index contributed by atoms with van der Waals surface area (Å²) in [4.78, 5) is 11.1. The van der Waals surface area contributed by atoms with Gasteiger partial charge in [-0.05, 0) is 83.6 Å². The van der Waals surface area contributed by atoms with Gasteiger partial charge in [-0.15, -0.1) is 0 Å². The number of carbonyl (C=O) groups is 1. The van der Waals surface area contributed by atoms with Crippen LogP contribution in [0.1, 0.15) is 69.3 Å². The van der Waals surface area contributed by atoms with Crippen LogP contribution >= 0.6 is 0 Å². The summed E-state index contributed by atoms with van der Waals surface area (Å²) < 4.78 is 5.34. The highest BCUT2D eigenvalue weighted by Gasteiger charge is 2.08. The van der Waals surface area contributed by atoms with E-state index >= 15 is 0 Å². The lowest BCUT2D eigenvalue weighted by Crippen LogP contribution is -1.99. The van der Waals surface area contributed by atoms with E-state index < -0.39 is 5.97 Å². The maximum absolute atomic E-state index is 11.1. The number of aromatic carboxylic acids is 1. The van der Waals surface area contributed by atoms with E-state index in [1.165, 1.54) is 16.7 Å². The van der Waals surface area contributed by atoms with E-state index in [9.17, 15) is 4.79 Å². The van der Waals surface area contributed by atoms with E-state index in [-0.39, 0.29) is 0 Å². The van der Waals surface area contributed by atoms with E-state index in [1.54, 1.807) is 25.3 Å². The molecule has 0 aliphatic carbocycles. The highest BCUT2D eigenvalue weighted by Crippen LogP contribution is 2.22. The molecule has 142 valence electrons. The zero-order valence-corrected chi connectivity index (χ0v) is 16.8. The van der Waals surface area contributed by atoms with Crippen LogP contribution in [0, 0.1) is 0 Å². The summed E-state index contributed by atoms with van der Waals surface area (Å²) in [6, 6.07) is 4.99. The molecule has 0 aromatic heterocycles. The molecule has 0 aliphatic heterocycles. The summed E-state index contributed by atoms with van der Waals surface area (Å²) in [6.45, 7) is 8.59. The normalized spacial score (nSPS) is 12.0. The van der Waals surface area contributed by atoms with Crippen molar-refractivity contribution in [1.29, 1.82) is 0 Å². The molecule has 1 rings (SSSR count). The predicted molar refractivity (Wildman–Crippen MR) is 109 cm³/mol. The highest BCUT2D eigenvalue weighted by molar-refractivity contribution is 5.88. The van der Waals surface area contributed by atoms with Gasteiger partial charge in [-0.2, -0.15) is 0 Å². The lowest BCUT2D eigenvalue weighted by atomic mass is 10.0. The van der Waals surface area contributed by atoms with Crippen molar-refractivity contribution in [3.05, 3.63) is 64.3 Å². The molecule has 0 atom stereocenters. The third kappa shape index (κ3) is 8.19. The fourth-order valence-corrected chi connectivity index (χ4v) is 2.69. The van der Waals surface area contributed by atoms with Crippen molar-refractivity contribution in [1.82, 2.24) is 0 Å². The zero-order valence-electron chi connectivity index (χ0n) is 16.8. The van der Waals surface area contributed by atoms with E-state index in [0.717, 1.165) is 37.0 Å². The van der Waals surface area contributed by atoms with Gasteiger partial charge in [-0.25, -0.2) is 4.79 Å². The van der Waals surface area contributed by atoms with Crippen LogP contribution in [0.2, 0.25) is 0 Å². The van der Waals surface area contributed by atoms with Crippen molar-refractivity contribution in [3.8, 4) is 5.75 Å². The Morgan fingerprint density at radius 1 is 1.00 bits per heavy atom. The van der Waals surface area contributed by atoms with Gasteiger partial charge in [0.2, 0.25) is 0 Å². The molecule has 0 heterocycles. The molecule has 0 unspecified atom stereocenters. The second-order valence-corrected chi connectivity index (χ2v) is 7.00. The predicted octanol–water partition coefficient (Wildman–Crippen LogP) is 6.36. The fraction of sp³-hybridized carbons (Fsp3) is 0.435. The Kier molecular flexibility index (Phi) is 9.50. The number of carboxylic acids is 1. The molecule has 1 N–H and O–H groups in total. The first kappa shape index (κ1) is 21.8. The van der Waals surface area contributed by atoms with Crippen LogP contribution in [0.4, 0.5) is 0 Å². The van der Waals surface area contributed by atoms with Gasteiger partial charge >= 0.3 is 5.97 Å². The molecule has 0 fully saturated rings. The minimum absolute atomic E-state index is 0.293. The average Bonchev–Trinajstić information content (AvgIpc) is 2.59. The van der Waals surface area contributed by atoms with Crippen LogP contribution in [-0.2, 0) is 6.42 Å². The fourth-order valence-electron chi connectivity index (χ4n) is 2.69. The molecule has 0 saturated carbocycles. The molecule has 0 radical (unpaired) electrons. The van der Waals surface area contributed by atoms with Gasteiger partial charge in [0.15, 0.2) is 0 Å². The summed E-state index contributed by atoms with van der Waals surface area (Å²) in [5.74, 6) is -0.183. The Morgan fingerprint density at radius 2 is 1.62 bits per heavy atom. The lowest BCUT2D eigenvalue weighted by Gasteiger charge is -2.08. The van der Waals surface area contributed by atoms with Crippen molar-refractivity contribution in [2.24, 2.45) is 0 Å². The highest BCUT2D eigenvalue weighted by atomic mass is 16.5. The molecule has 0 saturated heterocycles. The van der Waals surface area contributed by atoms with Crippen molar-refractivity contribution >= 4 is 5.97 Å². The number of hydrogen-bond acceptors (Lipinski definition) is 2. The molecule has 0 amide bonds. The molecular formula is C23H32O3. The average molecular weight is 357 g/mol. The number of carboxylic acid groups (broad SMARTS) is 1. The quantitative estimate of drug-likeness (QED) is 0.496. The summed E-state index contributed by atoms with van der Waals surface area (Å²) >= 11 is 0. The van der Waals surface area contributed by atoms with Crippen LogP contribution < -0.4 is 4.74 Å². The monoisotopic (exact) mass is 356 g/mol. The molecule has 26 heavy (non-hydrogen) atoms.